The second-order valence-corrected chi connectivity index (χ2v) is 8.32. The smallest absolute Gasteiger partial charge is 0.243 e. The Morgan fingerprint density at radius 2 is 1.88 bits per heavy atom. The van der Waals surface area contributed by atoms with E-state index in [0.717, 1.165) is 29.3 Å². The molecular weight excluding hydrogens is 339 g/mol. The number of sulfonamides is 1. The van der Waals surface area contributed by atoms with Crippen molar-refractivity contribution in [2.75, 3.05) is 6.54 Å². The second kappa shape index (κ2) is 6.28. The van der Waals surface area contributed by atoms with E-state index in [1.807, 2.05) is 24.4 Å². The van der Waals surface area contributed by atoms with Crippen molar-refractivity contribution in [1.82, 2.24) is 9.29 Å². The summed E-state index contributed by atoms with van der Waals surface area (Å²) in [5, 5.41) is 1.13. The molecule has 0 bridgehead atoms. The number of fused-ring (bicyclic) bond motifs is 1. The summed E-state index contributed by atoms with van der Waals surface area (Å²) in [6.45, 7) is 0.507. The highest BCUT2D eigenvalue weighted by atomic mass is 32.2. The Balaban J connectivity index is 1.63. The number of rotatable bonds is 4. The topological polar surface area (TPSA) is 53.2 Å². The lowest BCUT2D eigenvalue weighted by Crippen LogP contribution is -2.36. The van der Waals surface area contributed by atoms with Gasteiger partial charge in [-0.1, -0.05) is 18.2 Å². The third-order valence-corrected chi connectivity index (χ3v) is 6.84. The monoisotopic (exact) mass is 358 g/mol. The van der Waals surface area contributed by atoms with Crippen molar-refractivity contribution < 1.29 is 12.8 Å². The molecule has 0 aliphatic carbocycles. The first-order valence-corrected chi connectivity index (χ1v) is 9.82. The molecule has 1 N–H and O–H groups in total. The quantitative estimate of drug-likeness (QED) is 0.773. The van der Waals surface area contributed by atoms with Crippen molar-refractivity contribution in [2.45, 2.75) is 30.2 Å². The average molecular weight is 358 g/mol. The Morgan fingerprint density at radius 1 is 1.12 bits per heavy atom. The minimum atomic E-state index is -3.60. The molecule has 3 aromatic rings. The molecule has 1 aliphatic rings. The summed E-state index contributed by atoms with van der Waals surface area (Å²) in [7, 11) is -3.60. The van der Waals surface area contributed by atoms with E-state index in [-0.39, 0.29) is 10.9 Å². The summed E-state index contributed by atoms with van der Waals surface area (Å²) >= 11 is 0. The van der Waals surface area contributed by atoms with Gasteiger partial charge in [0.15, 0.2) is 0 Å². The predicted octanol–water partition coefficient (Wildman–Crippen LogP) is 3.70. The van der Waals surface area contributed by atoms with Crippen LogP contribution >= 0.6 is 0 Å². The van der Waals surface area contributed by atoms with Crippen LogP contribution in [0.3, 0.4) is 0 Å². The van der Waals surface area contributed by atoms with Crippen molar-refractivity contribution in [3.05, 3.63) is 66.1 Å². The fourth-order valence-electron chi connectivity index (χ4n) is 3.63. The minimum absolute atomic E-state index is 0.0748. The van der Waals surface area contributed by atoms with Gasteiger partial charge in [-0.25, -0.2) is 12.8 Å². The van der Waals surface area contributed by atoms with Gasteiger partial charge in [0.25, 0.3) is 0 Å². The largest absolute Gasteiger partial charge is 0.361 e. The number of para-hydroxylation sites is 1. The maximum atomic E-state index is 13.1. The number of nitrogens with zero attached hydrogens (tertiary/aromatic N) is 1. The lowest BCUT2D eigenvalue weighted by molar-refractivity contribution is 0.386. The zero-order valence-electron chi connectivity index (χ0n) is 13.7. The van der Waals surface area contributed by atoms with Crippen LogP contribution in [0.25, 0.3) is 10.9 Å². The molecule has 1 aromatic heterocycles. The van der Waals surface area contributed by atoms with Gasteiger partial charge < -0.3 is 4.98 Å². The molecule has 4 rings (SSSR count). The normalized spacial score (nSPS) is 18.8. The molecule has 2 aromatic carbocycles. The summed E-state index contributed by atoms with van der Waals surface area (Å²) < 4.78 is 40.6. The standard InChI is InChI=1S/C19H19FN2O2S/c20-15-7-9-17(10-8-15)25(23,24)22-11-3-4-16(22)12-14-13-21-19-6-2-1-5-18(14)19/h1-2,5-10,13,16,21H,3-4,11-12H2. The summed E-state index contributed by atoms with van der Waals surface area (Å²) in [6, 6.07) is 13.0. The van der Waals surface area contributed by atoms with Gasteiger partial charge in [0.2, 0.25) is 10.0 Å². The van der Waals surface area contributed by atoms with Crippen LogP contribution in [0.15, 0.2) is 59.6 Å². The molecule has 1 fully saturated rings. The Hall–Kier alpha value is -2.18. The maximum Gasteiger partial charge on any atom is 0.243 e. The number of halogens is 1. The second-order valence-electron chi connectivity index (χ2n) is 6.43. The van der Waals surface area contributed by atoms with Crippen LogP contribution in [0.5, 0.6) is 0 Å². The highest BCUT2D eigenvalue weighted by Gasteiger charge is 2.35. The van der Waals surface area contributed by atoms with E-state index in [1.165, 1.54) is 24.3 Å². The summed E-state index contributed by atoms with van der Waals surface area (Å²) in [4.78, 5) is 3.40. The van der Waals surface area contributed by atoms with E-state index in [1.54, 1.807) is 4.31 Å². The maximum absolute atomic E-state index is 13.1. The van der Waals surface area contributed by atoms with E-state index in [4.69, 9.17) is 0 Å². The van der Waals surface area contributed by atoms with E-state index in [2.05, 4.69) is 11.1 Å². The molecule has 1 aliphatic heterocycles. The first-order chi connectivity index (χ1) is 12.1. The Labute approximate surface area is 146 Å². The molecule has 2 heterocycles. The molecule has 0 spiro atoms. The van der Waals surface area contributed by atoms with E-state index >= 15 is 0 Å². The molecule has 0 amide bonds. The number of nitrogens with one attached hydrogen (secondary N) is 1. The van der Waals surface area contributed by atoms with Gasteiger partial charge >= 0.3 is 0 Å². The lowest BCUT2D eigenvalue weighted by atomic mass is 10.0. The fourth-order valence-corrected chi connectivity index (χ4v) is 5.32. The van der Waals surface area contributed by atoms with E-state index in [9.17, 15) is 12.8 Å². The van der Waals surface area contributed by atoms with Crippen LogP contribution in [-0.2, 0) is 16.4 Å². The van der Waals surface area contributed by atoms with Crippen LogP contribution in [0.1, 0.15) is 18.4 Å². The van der Waals surface area contributed by atoms with Crippen LogP contribution in [0.4, 0.5) is 4.39 Å². The molecule has 0 radical (unpaired) electrons. The van der Waals surface area contributed by atoms with Crippen molar-refractivity contribution in [2.24, 2.45) is 0 Å². The highest BCUT2D eigenvalue weighted by molar-refractivity contribution is 7.89. The fraction of sp³-hybridized carbons (Fsp3) is 0.263. The van der Waals surface area contributed by atoms with Crippen molar-refractivity contribution >= 4 is 20.9 Å². The molecule has 4 nitrogen and oxygen atoms in total. The third kappa shape index (κ3) is 2.96. The molecule has 1 atom stereocenters. The molecule has 130 valence electrons. The lowest BCUT2D eigenvalue weighted by Gasteiger charge is -2.24. The average Bonchev–Trinajstić information content (AvgIpc) is 3.24. The summed E-state index contributed by atoms with van der Waals surface area (Å²) in [5.41, 5.74) is 2.19. The zero-order chi connectivity index (χ0) is 17.4. The minimum Gasteiger partial charge on any atom is -0.361 e. The first kappa shape index (κ1) is 16.3. The Morgan fingerprint density at radius 3 is 2.68 bits per heavy atom. The number of hydrogen-bond acceptors (Lipinski definition) is 2. The SMILES string of the molecule is O=S(=O)(c1ccc(F)cc1)N1CCCC1Cc1c[nH]c2ccccc12. The van der Waals surface area contributed by atoms with Crippen molar-refractivity contribution in [3.63, 3.8) is 0 Å². The Kier molecular flexibility index (Phi) is 4.09. The van der Waals surface area contributed by atoms with Crippen molar-refractivity contribution in [1.29, 1.82) is 0 Å². The van der Waals surface area contributed by atoms with Gasteiger partial charge in [-0.05, 0) is 55.2 Å². The highest BCUT2D eigenvalue weighted by Crippen LogP contribution is 2.30. The number of hydrogen-bond donors (Lipinski definition) is 1. The molecule has 1 saturated heterocycles. The van der Waals surface area contributed by atoms with Gasteiger partial charge in [-0.15, -0.1) is 0 Å². The van der Waals surface area contributed by atoms with Gasteiger partial charge in [0.1, 0.15) is 5.82 Å². The predicted molar refractivity (Wildman–Crippen MR) is 95.3 cm³/mol. The summed E-state index contributed by atoms with van der Waals surface area (Å²) in [6.07, 6.45) is 4.31. The number of aromatic amines is 1. The molecule has 25 heavy (non-hydrogen) atoms. The van der Waals surface area contributed by atoms with Crippen LogP contribution < -0.4 is 0 Å². The van der Waals surface area contributed by atoms with Crippen LogP contribution in [0, 0.1) is 5.82 Å². The van der Waals surface area contributed by atoms with E-state index in [0.29, 0.717) is 13.0 Å². The first-order valence-electron chi connectivity index (χ1n) is 8.38. The molecule has 6 heteroatoms. The van der Waals surface area contributed by atoms with Gasteiger partial charge in [0.05, 0.1) is 4.90 Å². The number of benzene rings is 2. The van der Waals surface area contributed by atoms with Gasteiger partial charge in [-0.3, -0.25) is 0 Å². The molecule has 0 saturated carbocycles. The summed E-state index contributed by atoms with van der Waals surface area (Å²) in [5.74, 6) is -0.435. The zero-order valence-corrected chi connectivity index (χ0v) is 14.5. The van der Waals surface area contributed by atoms with Crippen LogP contribution in [-0.4, -0.2) is 30.3 Å². The number of aromatic nitrogens is 1. The van der Waals surface area contributed by atoms with Gasteiger partial charge in [0, 0.05) is 29.7 Å². The number of H-pyrrole nitrogens is 1. The Bertz CT molecular complexity index is 996. The molecule has 1 unspecified atom stereocenters. The third-order valence-electron chi connectivity index (χ3n) is 4.87. The van der Waals surface area contributed by atoms with E-state index < -0.39 is 15.8 Å². The van der Waals surface area contributed by atoms with Crippen molar-refractivity contribution in [3.8, 4) is 0 Å². The molecular formula is C19H19FN2O2S. The van der Waals surface area contributed by atoms with Crippen LogP contribution in [0.2, 0.25) is 0 Å². The van der Waals surface area contributed by atoms with Gasteiger partial charge in [-0.2, -0.15) is 4.31 Å².